The molecule has 0 atom stereocenters. The largest absolute Gasteiger partial charge is 0.761 e. The van der Waals surface area contributed by atoms with Crippen LogP contribution in [0.15, 0.2) is 18.2 Å². The van der Waals surface area contributed by atoms with E-state index in [4.69, 9.17) is 0 Å². The summed E-state index contributed by atoms with van der Waals surface area (Å²) in [4.78, 5) is 13.4. The Balaban J connectivity index is 1.90. The van der Waals surface area contributed by atoms with Crippen LogP contribution in [-0.2, 0) is 4.79 Å². The van der Waals surface area contributed by atoms with E-state index in [-0.39, 0.29) is 43.9 Å². The number of nitrogens with zero attached hydrogens (tertiary/aromatic N) is 1. The summed E-state index contributed by atoms with van der Waals surface area (Å²) in [6.45, 7) is 0.140. The topological polar surface area (TPSA) is 67.4 Å². The van der Waals surface area contributed by atoms with Crippen LogP contribution in [0.5, 0.6) is 0 Å². The van der Waals surface area contributed by atoms with Gasteiger partial charge in [0.25, 0.3) is 5.92 Å². The van der Waals surface area contributed by atoms with Gasteiger partial charge in [0, 0.05) is 31.6 Å². The van der Waals surface area contributed by atoms with Gasteiger partial charge in [-0.15, -0.1) is 0 Å². The predicted molar refractivity (Wildman–Crippen MR) is 72.6 cm³/mol. The average molecular weight is 302 g/mol. The molecule has 8 heteroatoms. The smallest absolute Gasteiger partial charge is 0.250 e. The number of hydrogen-bond acceptors (Lipinski definition) is 4. The third-order valence-corrected chi connectivity index (χ3v) is 3.31. The minimum absolute atomic E-state index is 0.0927. The summed E-state index contributed by atoms with van der Waals surface area (Å²) in [5.41, 5.74) is 1.59. The number of alkyl halides is 2. The quantitative estimate of drug-likeness (QED) is 0.838. The summed E-state index contributed by atoms with van der Waals surface area (Å²) >= 11 is 0. The van der Waals surface area contributed by atoms with Gasteiger partial charge in [-0.2, -0.15) is 0 Å². The lowest BCUT2D eigenvalue weighted by Crippen LogP contribution is -2.43. The first-order valence-electron chi connectivity index (χ1n) is 6.47. The third kappa shape index (κ3) is 4.33. The lowest BCUT2D eigenvalue weighted by Gasteiger charge is -2.31. The second kappa shape index (κ2) is 6.31. The van der Waals surface area contributed by atoms with Crippen molar-refractivity contribution in [3.05, 3.63) is 29.2 Å². The van der Waals surface area contributed by atoms with E-state index in [0.717, 1.165) is 6.07 Å². The Kier molecular flexibility index (Phi) is 4.69. The Hall–Kier alpha value is -1.80. The monoisotopic (exact) mass is 302 g/mol. The predicted octanol–water partition coefficient (Wildman–Crippen LogP) is 2.41. The molecule has 2 rings (SSSR count). The Bertz CT molecular complexity index is 515. The number of nitrogens with one attached hydrogen (secondary N) is 2. The molecule has 1 amide bonds. The molecule has 116 valence electrons. The summed E-state index contributed by atoms with van der Waals surface area (Å²) in [6.07, 6.45) is -0.575. The molecule has 0 radical (unpaired) electrons. The molecule has 0 spiro atoms. The first kappa shape index (κ1) is 15.6. The SMILES string of the molecule is O=C(CN1CCC(F)(F)CC1)Nc1cc(N[O-])ccc1F. The summed E-state index contributed by atoms with van der Waals surface area (Å²) in [7, 11) is 0. The maximum Gasteiger partial charge on any atom is 0.250 e. The van der Waals surface area contributed by atoms with E-state index < -0.39 is 17.6 Å². The maximum absolute atomic E-state index is 13.5. The average Bonchev–Trinajstić information content (AvgIpc) is 2.43. The van der Waals surface area contributed by atoms with Crippen LogP contribution in [-0.4, -0.2) is 36.4 Å². The number of piperidine rings is 1. The second-order valence-electron chi connectivity index (χ2n) is 4.98. The van der Waals surface area contributed by atoms with Crippen LogP contribution >= 0.6 is 0 Å². The van der Waals surface area contributed by atoms with Gasteiger partial charge >= 0.3 is 0 Å². The fourth-order valence-electron chi connectivity index (χ4n) is 2.12. The lowest BCUT2D eigenvalue weighted by atomic mass is 10.1. The standard InChI is InChI=1S/C13H15F3N3O2/c14-10-2-1-9(18-21)7-11(10)17-12(20)8-19-5-3-13(15,16)4-6-19/h1-2,7,18H,3-6,8H2,(H,17,20)/q-1. The molecule has 0 aromatic heterocycles. The van der Waals surface area contributed by atoms with Gasteiger partial charge in [-0.25, -0.2) is 13.2 Å². The van der Waals surface area contributed by atoms with Crippen molar-refractivity contribution in [2.75, 3.05) is 30.4 Å². The lowest BCUT2D eigenvalue weighted by molar-refractivity contribution is -0.119. The molecule has 21 heavy (non-hydrogen) atoms. The molecule has 1 fully saturated rings. The number of amides is 1. The number of rotatable bonds is 4. The number of halogens is 3. The van der Waals surface area contributed by atoms with Crippen molar-refractivity contribution in [1.29, 1.82) is 0 Å². The highest BCUT2D eigenvalue weighted by atomic mass is 19.3. The van der Waals surface area contributed by atoms with Crippen LogP contribution in [0, 0.1) is 11.0 Å². The Morgan fingerprint density at radius 1 is 1.33 bits per heavy atom. The molecule has 1 aromatic carbocycles. The van der Waals surface area contributed by atoms with Gasteiger partial charge in [-0.05, 0) is 18.2 Å². The van der Waals surface area contributed by atoms with Gasteiger partial charge in [0.2, 0.25) is 5.91 Å². The molecule has 0 bridgehead atoms. The molecular weight excluding hydrogens is 287 g/mol. The van der Waals surface area contributed by atoms with E-state index in [2.05, 4.69) is 5.32 Å². The first-order chi connectivity index (χ1) is 9.89. The van der Waals surface area contributed by atoms with Gasteiger partial charge in [0.15, 0.2) is 0 Å². The number of carbonyl (C=O) groups excluding carboxylic acids is 1. The Morgan fingerprint density at radius 3 is 2.62 bits per heavy atom. The molecule has 1 aliphatic heterocycles. The third-order valence-electron chi connectivity index (χ3n) is 3.31. The van der Waals surface area contributed by atoms with E-state index in [9.17, 15) is 23.2 Å². The van der Waals surface area contributed by atoms with Crippen molar-refractivity contribution in [1.82, 2.24) is 4.90 Å². The molecule has 1 aromatic rings. The van der Waals surface area contributed by atoms with Gasteiger partial charge in [-0.1, -0.05) is 0 Å². The molecule has 5 nitrogen and oxygen atoms in total. The number of likely N-dealkylation sites (tertiary alicyclic amines) is 1. The number of benzene rings is 1. The van der Waals surface area contributed by atoms with E-state index in [0.29, 0.717) is 0 Å². The van der Waals surface area contributed by atoms with Crippen LogP contribution in [0.1, 0.15) is 12.8 Å². The minimum Gasteiger partial charge on any atom is -0.761 e. The number of hydrogen-bond donors (Lipinski definition) is 2. The summed E-state index contributed by atoms with van der Waals surface area (Å²) in [5.74, 6) is -3.86. The highest BCUT2D eigenvalue weighted by Crippen LogP contribution is 2.27. The summed E-state index contributed by atoms with van der Waals surface area (Å²) in [6, 6.07) is 3.46. The van der Waals surface area contributed by atoms with Crippen LogP contribution < -0.4 is 10.8 Å². The Labute approximate surface area is 119 Å². The highest BCUT2D eigenvalue weighted by molar-refractivity contribution is 5.92. The zero-order valence-corrected chi connectivity index (χ0v) is 11.2. The second-order valence-corrected chi connectivity index (χ2v) is 4.98. The van der Waals surface area contributed by atoms with Crippen molar-refractivity contribution in [3.63, 3.8) is 0 Å². The molecule has 1 saturated heterocycles. The molecule has 1 aliphatic rings. The van der Waals surface area contributed by atoms with Crippen molar-refractivity contribution < 1.29 is 18.0 Å². The maximum atomic E-state index is 13.5. The molecule has 0 saturated carbocycles. The normalized spacial score (nSPS) is 18.3. The molecule has 0 unspecified atom stereocenters. The van der Waals surface area contributed by atoms with E-state index in [1.165, 1.54) is 12.1 Å². The van der Waals surface area contributed by atoms with Crippen LogP contribution in [0.4, 0.5) is 24.5 Å². The number of anilines is 2. The van der Waals surface area contributed by atoms with E-state index >= 15 is 0 Å². The van der Waals surface area contributed by atoms with Gasteiger partial charge in [-0.3, -0.25) is 9.69 Å². The minimum atomic E-state index is -2.67. The molecular formula is C13H15F3N3O2-. The van der Waals surface area contributed by atoms with Crippen LogP contribution in [0.2, 0.25) is 0 Å². The van der Waals surface area contributed by atoms with Gasteiger partial charge < -0.3 is 16.0 Å². The Morgan fingerprint density at radius 2 is 2.00 bits per heavy atom. The van der Waals surface area contributed by atoms with Crippen molar-refractivity contribution in [3.8, 4) is 0 Å². The van der Waals surface area contributed by atoms with Gasteiger partial charge in [0.05, 0.1) is 12.2 Å². The summed E-state index contributed by atoms with van der Waals surface area (Å²) < 4.78 is 39.5. The number of carbonyl (C=O) groups is 1. The van der Waals surface area contributed by atoms with Crippen molar-refractivity contribution in [2.45, 2.75) is 18.8 Å². The van der Waals surface area contributed by atoms with Crippen LogP contribution in [0.25, 0.3) is 0 Å². The van der Waals surface area contributed by atoms with E-state index in [1.54, 1.807) is 10.4 Å². The summed E-state index contributed by atoms with van der Waals surface area (Å²) in [5, 5.41) is 12.8. The highest BCUT2D eigenvalue weighted by Gasteiger charge is 2.34. The van der Waals surface area contributed by atoms with Crippen molar-refractivity contribution in [2.24, 2.45) is 0 Å². The first-order valence-corrected chi connectivity index (χ1v) is 6.47. The zero-order valence-electron chi connectivity index (χ0n) is 11.2. The molecule has 2 N–H and O–H groups in total. The van der Waals surface area contributed by atoms with Gasteiger partial charge in [0.1, 0.15) is 5.82 Å². The van der Waals surface area contributed by atoms with E-state index in [1.807, 2.05) is 0 Å². The van der Waals surface area contributed by atoms with Crippen molar-refractivity contribution >= 4 is 17.3 Å². The van der Waals surface area contributed by atoms with Crippen LogP contribution in [0.3, 0.4) is 0 Å². The fraction of sp³-hybridized carbons (Fsp3) is 0.462. The molecule has 1 heterocycles. The molecule has 0 aliphatic carbocycles. The zero-order chi connectivity index (χ0) is 15.5. The fourth-order valence-corrected chi connectivity index (χ4v) is 2.12.